The number of hydrogen-bond donors (Lipinski definition) is 4. The third-order valence-corrected chi connectivity index (χ3v) is 6.62. The van der Waals surface area contributed by atoms with E-state index in [4.69, 9.17) is 11.6 Å². The van der Waals surface area contributed by atoms with Crippen LogP contribution in [-0.2, 0) is 11.2 Å². The Morgan fingerprint density at radius 2 is 2.03 bits per heavy atom. The maximum atomic E-state index is 11.7. The lowest BCUT2D eigenvalue weighted by Crippen LogP contribution is -2.24. The molecule has 0 unspecified atom stereocenters. The van der Waals surface area contributed by atoms with E-state index in [1.807, 2.05) is 36.4 Å². The summed E-state index contributed by atoms with van der Waals surface area (Å²) in [6.07, 6.45) is 12.6. The number of amides is 1. The van der Waals surface area contributed by atoms with Gasteiger partial charge in [-0.25, -0.2) is 0 Å². The molecule has 176 valence electrons. The van der Waals surface area contributed by atoms with E-state index in [1.165, 1.54) is 0 Å². The molecular weight excluding hydrogens is 426 g/mol. The van der Waals surface area contributed by atoms with Crippen LogP contribution >= 0.6 is 11.6 Å². The summed E-state index contributed by atoms with van der Waals surface area (Å²) >= 11 is 6.01. The van der Waals surface area contributed by atoms with Crippen molar-refractivity contribution in [3.63, 3.8) is 0 Å². The van der Waals surface area contributed by atoms with Crippen LogP contribution in [-0.4, -0.2) is 45.6 Å². The number of aryl methyl sites for hydroxylation is 1. The normalized spacial score (nSPS) is 26.8. The average Bonchev–Trinajstić information content (AvgIpc) is 3.52. The molecule has 0 aliphatic heterocycles. The van der Waals surface area contributed by atoms with Crippen LogP contribution in [0.25, 0.3) is 0 Å². The summed E-state index contributed by atoms with van der Waals surface area (Å²) < 4.78 is 0. The molecule has 6 heteroatoms. The lowest BCUT2D eigenvalue weighted by atomic mass is 9.89. The zero-order chi connectivity index (χ0) is 22.9. The Labute approximate surface area is 196 Å². The van der Waals surface area contributed by atoms with Crippen molar-refractivity contribution in [2.45, 2.75) is 82.1 Å². The van der Waals surface area contributed by atoms with E-state index >= 15 is 0 Å². The third kappa shape index (κ3) is 8.36. The van der Waals surface area contributed by atoms with Gasteiger partial charge in [0.15, 0.2) is 0 Å². The number of carbonyl (C=O) groups excluding carboxylic acids is 1. The van der Waals surface area contributed by atoms with Gasteiger partial charge in [-0.1, -0.05) is 48.0 Å². The van der Waals surface area contributed by atoms with E-state index in [2.05, 4.69) is 11.4 Å². The van der Waals surface area contributed by atoms with Crippen molar-refractivity contribution < 1.29 is 20.1 Å². The maximum absolute atomic E-state index is 11.7. The second kappa shape index (κ2) is 12.5. The van der Waals surface area contributed by atoms with Gasteiger partial charge in [0.2, 0.25) is 5.91 Å². The Bertz CT molecular complexity index is 792. The number of aliphatic hydroxyl groups is 3. The van der Waals surface area contributed by atoms with Crippen molar-refractivity contribution in [2.24, 2.45) is 11.8 Å². The average molecular weight is 462 g/mol. The number of rotatable bonds is 12. The van der Waals surface area contributed by atoms with Crippen LogP contribution in [0.4, 0.5) is 0 Å². The largest absolute Gasteiger partial charge is 0.393 e. The summed E-state index contributed by atoms with van der Waals surface area (Å²) in [5.41, 5.74) is 1.08. The number of benzene rings is 1. The second-order valence-corrected chi connectivity index (χ2v) is 9.61. The summed E-state index contributed by atoms with van der Waals surface area (Å²) in [7, 11) is 0. The van der Waals surface area contributed by atoms with Crippen molar-refractivity contribution in [1.82, 2.24) is 5.32 Å². The van der Waals surface area contributed by atoms with Gasteiger partial charge in [0.1, 0.15) is 0 Å². The van der Waals surface area contributed by atoms with Crippen LogP contribution in [0.3, 0.4) is 0 Å². The van der Waals surface area contributed by atoms with Crippen LogP contribution in [0.2, 0.25) is 5.02 Å². The van der Waals surface area contributed by atoms with Crippen molar-refractivity contribution in [2.75, 3.05) is 0 Å². The van der Waals surface area contributed by atoms with Gasteiger partial charge >= 0.3 is 0 Å². The summed E-state index contributed by atoms with van der Waals surface area (Å²) in [4.78, 5) is 11.7. The Morgan fingerprint density at radius 3 is 2.78 bits per heavy atom. The first kappa shape index (κ1) is 25.0. The molecule has 5 atom stereocenters. The van der Waals surface area contributed by atoms with E-state index in [-0.39, 0.29) is 17.7 Å². The van der Waals surface area contributed by atoms with Gasteiger partial charge < -0.3 is 20.6 Å². The van der Waals surface area contributed by atoms with Crippen LogP contribution in [0, 0.1) is 11.8 Å². The molecule has 32 heavy (non-hydrogen) atoms. The van der Waals surface area contributed by atoms with E-state index in [1.54, 1.807) is 6.08 Å². The highest BCUT2D eigenvalue weighted by molar-refractivity contribution is 6.30. The Balaban J connectivity index is 1.40. The summed E-state index contributed by atoms with van der Waals surface area (Å²) in [5.74, 6) is -0.120. The molecule has 0 saturated heterocycles. The molecule has 2 aliphatic rings. The quantitative estimate of drug-likeness (QED) is 0.280. The number of allylic oxidation sites excluding steroid dienone is 2. The Hall–Kier alpha value is -1.66. The van der Waals surface area contributed by atoms with Crippen LogP contribution in [0.15, 0.2) is 48.6 Å². The molecule has 0 spiro atoms. The Kier molecular flexibility index (Phi) is 9.79. The predicted molar refractivity (Wildman–Crippen MR) is 127 cm³/mol. The first-order chi connectivity index (χ1) is 15.4. The summed E-state index contributed by atoms with van der Waals surface area (Å²) in [6.45, 7) is 0. The van der Waals surface area contributed by atoms with Gasteiger partial charge in [-0.05, 0) is 68.6 Å². The fourth-order valence-electron chi connectivity index (χ4n) is 4.35. The van der Waals surface area contributed by atoms with E-state index in [0.717, 1.165) is 31.2 Å². The molecule has 2 saturated carbocycles. The lowest BCUT2D eigenvalue weighted by Gasteiger charge is -2.19. The minimum atomic E-state index is -0.614. The van der Waals surface area contributed by atoms with E-state index in [9.17, 15) is 20.1 Å². The second-order valence-electron chi connectivity index (χ2n) is 9.17. The summed E-state index contributed by atoms with van der Waals surface area (Å²) in [5, 5.41) is 34.8. The highest BCUT2D eigenvalue weighted by Gasteiger charge is 2.39. The molecule has 2 fully saturated rings. The molecule has 5 nitrogen and oxygen atoms in total. The maximum Gasteiger partial charge on any atom is 0.220 e. The van der Waals surface area contributed by atoms with Gasteiger partial charge in [0.25, 0.3) is 0 Å². The number of aliphatic hydroxyl groups excluding tert-OH is 3. The van der Waals surface area contributed by atoms with Crippen molar-refractivity contribution in [1.29, 1.82) is 0 Å². The van der Waals surface area contributed by atoms with Crippen LogP contribution in [0.5, 0.6) is 0 Å². The highest BCUT2D eigenvalue weighted by Crippen LogP contribution is 2.36. The molecule has 2 aliphatic carbocycles. The monoisotopic (exact) mass is 461 g/mol. The van der Waals surface area contributed by atoms with E-state index in [0.29, 0.717) is 43.2 Å². The predicted octanol–water partition coefficient (Wildman–Crippen LogP) is 3.94. The molecule has 0 bridgehead atoms. The molecule has 4 N–H and O–H groups in total. The molecule has 3 rings (SSSR count). The fourth-order valence-corrected chi connectivity index (χ4v) is 4.56. The van der Waals surface area contributed by atoms with E-state index < -0.39 is 18.3 Å². The van der Waals surface area contributed by atoms with Crippen molar-refractivity contribution in [3.05, 3.63) is 59.2 Å². The topological polar surface area (TPSA) is 89.8 Å². The van der Waals surface area contributed by atoms with Crippen LogP contribution < -0.4 is 5.32 Å². The molecule has 0 heterocycles. The first-order valence-corrected chi connectivity index (χ1v) is 12.2. The molecule has 1 amide bonds. The summed E-state index contributed by atoms with van der Waals surface area (Å²) in [6, 6.07) is 8.03. The van der Waals surface area contributed by atoms with Gasteiger partial charge in [0, 0.05) is 29.8 Å². The number of unbranched alkanes of at least 4 members (excludes halogenated alkanes) is 1. The van der Waals surface area contributed by atoms with Gasteiger partial charge in [-0.3, -0.25) is 4.79 Å². The number of nitrogens with one attached hydrogen (secondary N) is 1. The van der Waals surface area contributed by atoms with Gasteiger partial charge in [0.05, 0.1) is 18.3 Å². The minimum Gasteiger partial charge on any atom is -0.393 e. The number of hydrogen-bond acceptors (Lipinski definition) is 4. The number of halogens is 1. The standard InChI is InChI=1S/C26H36ClNO4/c27-19-7-5-6-18(16-19)10-13-21(29)14-15-23-22(24(30)17-25(23)31)8-3-1-2-4-9-26(32)28-20-11-12-20/h1,3,5-7,14-16,20-25,29-31H,2,4,8-13,17H2,(H,28,32)/t21-,22+,23+,24-,25+/m0/s1. The highest BCUT2D eigenvalue weighted by atomic mass is 35.5. The minimum absolute atomic E-state index is 0.0733. The fraction of sp³-hybridized carbons (Fsp3) is 0.577. The Morgan fingerprint density at radius 1 is 1.22 bits per heavy atom. The SMILES string of the molecule is O=C(CCCC=CC[C@@H]1[C@@H](C=C[C@@H](O)CCc2cccc(Cl)c2)[C@H](O)C[C@@H]1O)NC1CC1. The third-order valence-electron chi connectivity index (χ3n) is 6.38. The van der Waals surface area contributed by atoms with Crippen molar-refractivity contribution in [3.8, 4) is 0 Å². The number of carbonyl (C=O) groups is 1. The molecular formula is C26H36ClNO4. The van der Waals surface area contributed by atoms with Crippen molar-refractivity contribution >= 4 is 17.5 Å². The smallest absolute Gasteiger partial charge is 0.220 e. The lowest BCUT2D eigenvalue weighted by molar-refractivity contribution is -0.121. The zero-order valence-corrected chi connectivity index (χ0v) is 19.3. The molecule has 1 aromatic rings. The van der Waals surface area contributed by atoms with Gasteiger partial charge in [-0.15, -0.1) is 0 Å². The molecule has 1 aromatic carbocycles. The molecule has 0 aromatic heterocycles. The van der Waals surface area contributed by atoms with Gasteiger partial charge in [-0.2, -0.15) is 0 Å². The van der Waals surface area contributed by atoms with Crippen LogP contribution in [0.1, 0.15) is 56.9 Å². The first-order valence-electron chi connectivity index (χ1n) is 11.8. The zero-order valence-electron chi connectivity index (χ0n) is 18.6. The molecule has 0 radical (unpaired) electrons.